The first-order chi connectivity index (χ1) is 14.0. The zero-order valence-corrected chi connectivity index (χ0v) is 18.8. The molecule has 30 heavy (non-hydrogen) atoms. The van der Waals surface area contributed by atoms with Crippen molar-refractivity contribution in [1.29, 1.82) is 0 Å². The van der Waals surface area contributed by atoms with E-state index in [1.54, 1.807) is 18.3 Å². The Labute approximate surface area is 177 Å². The highest BCUT2D eigenvalue weighted by Gasteiger charge is 2.31. The van der Waals surface area contributed by atoms with Crippen molar-refractivity contribution in [2.24, 2.45) is 0 Å². The smallest absolute Gasteiger partial charge is 0.244 e. The summed E-state index contributed by atoms with van der Waals surface area (Å²) in [6.45, 7) is 6.55. The average molecular weight is 451 g/mol. The van der Waals surface area contributed by atoms with E-state index >= 15 is 0 Å². The molecule has 4 rings (SSSR count). The Morgan fingerprint density at radius 1 is 1.10 bits per heavy atom. The Morgan fingerprint density at radius 2 is 1.80 bits per heavy atom. The lowest BCUT2D eigenvalue weighted by Gasteiger charge is -2.40. The van der Waals surface area contributed by atoms with Crippen LogP contribution in [-0.4, -0.2) is 61.4 Å². The van der Waals surface area contributed by atoms with Gasteiger partial charge in [0.1, 0.15) is 10.5 Å². The summed E-state index contributed by atoms with van der Waals surface area (Å²) < 4.78 is 46.5. The molecule has 162 valence electrons. The lowest BCUT2D eigenvalue weighted by atomic mass is 9.92. The van der Waals surface area contributed by atoms with Crippen LogP contribution in [0.2, 0.25) is 0 Å². The van der Waals surface area contributed by atoms with E-state index in [4.69, 9.17) is 0 Å². The molecule has 0 bridgehead atoms. The highest BCUT2D eigenvalue weighted by atomic mass is 32.3. The number of nitrogens with one attached hydrogen (secondary N) is 1. The van der Waals surface area contributed by atoms with E-state index in [1.165, 1.54) is 10.5 Å². The van der Waals surface area contributed by atoms with E-state index in [0.717, 1.165) is 22.3 Å². The molecule has 0 atom stereocenters. The Hall–Kier alpha value is -1.98. The SMILES string of the molecule is CC(C)(C)c1cc2c(-c3ccc(S(=O)(=O)N4CCS(O)(O)CC4)cn3)ccnc2[nH]1. The van der Waals surface area contributed by atoms with Crippen molar-refractivity contribution in [3.8, 4) is 11.3 Å². The molecule has 0 amide bonds. The molecule has 0 radical (unpaired) electrons. The summed E-state index contributed by atoms with van der Waals surface area (Å²) >= 11 is 0. The zero-order chi connectivity index (χ0) is 21.7. The second-order valence-electron chi connectivity index (χ2n) is 8.55. The third kappa shape index (κ3) is 3.97. The fourth-order valence-corrected chi connectivity index (χ4v) is 6.29. The second kappa shape index (κ2) is 7.31. The Balaban J connectivity index is 1.65. The number of rotatable bonds is 3. The van der Waals surface area contributed by atoms with E-state index in [1.807, 2.05) is 6.07 Å². The standard InChI is InChI=1S/C20H26N4O4S2/c1-20(2,3)18-12-16-15(6-7-21-19(16)23-18)17-5-4-14(13-22-17)30(27,28)24-8-10-29(25,26)11-9-24/h4-7,12-13,25-26H,8-11H2,1-3H3,(H,21,23). The van der Waals surface area contributed by atoms with Crippen LogP contribution in [0.1, 0.15) is 26.5 Å². The molecular weight excluding hydrogens is 424 g/mol. The molecule has 8 nitrogen and oxygen atoms in total. The number of nitrogens with zero attached hydrogens (tertiary/aromatic N) is 3. The van der Waals surface area contributed by atoms with Crippen LogP contribution in [0.4, 0.5) is 0 Å². The van der Waals surface area contributed by atoms with Crippen LogP contribution in [0.15, 0.2) is 41.6 Å². The van der Waals surface area contributed by atoms with Gasteiger partial charge in [-0.25, -0.2) is 13.4 Å². The van der Waals surface area contributed by atoms with Gasteiger partial charge in [-0.2, -0.15) is 14.9 Å². The highest BCUT2D eigenvalue weighted by molar-refractivity contribution is 8.24. The van der Waals surface area contributed by atoms with Crippen molar-refractivity contribution >= 4 is 31.6 Å². The summed E-state index contributed by atoms with van der Waals surface area (Å²) in [5.74, 6) is 0.132. The van der Waals surface area contributed by atoms with Crippen molar-refractivity contribution in [3.63, 3.8) is 0 Å². The minimum absolute atomic E-state index is 0.0553. The topological polar surface area (TPSA) is 119 Å². The lowest BCUT2D eigenvalue weighted by Crippen LogP contribution is -2.42. The van der Waals surface area contributed by atoms with Gasteiger partial charge in [0.2, 0.25) is 10.0 Å². The summed E-state index contributed by atoms with van der Waals surface area (Å²) in [6.07, 6.45) is 3.07. The van der Waals surface area contributed by atoms with Crippen molar-refractivity contribution in [2.45, 2.75) is 31.1 Å². The van der Waals surface area contributed by atoms with E-state index < -0.39 is 20.6 Å². The number of aromatic nitrogens is 3. The summed E-state index contributed by atoms with van der Waals surface area (Å²) in [4.78, 5) is 12.3. The third-order valence-electron chi connectivity index (χ3n) is 5.33. The van der Waals surface area contributed by atoms with Gasteiger partial charge in [0, 0.05) is 47.5 Å². The van der Waals surface area contributed by atoms with Crippen LogP contribution in [0.25, 0.3) is 22.3 Å². The molecule has 1 saturated heterocycles. The van der Waals surface area contributed by atoms with Gasteiger partial charge in [-0.1, -0.05) is 20.8 Å². The fraction of sp³-hybridized carbons (Fsp3) is 0.400. The highest BCUT2D eigenvalue weighted by Crippen LogP contribution is 2.41. The molecule has 0 aliphatic carbocycles. The monoisotopic (exact) mass is 450 g/mol. The molecule has 0 unspecified atom stereocenters. The summed E-state index contributed by atoms with van der Waals surface area (Å²) in [5.41, 5.74) is 3.31. The number of sulfonamides is 1. The average Bonchev–Trinajstić information content (AvgIpc) is 3.13. The predicted molar refractivity (Wildman–Crippen MR) is 119 cm³/mol. The van der Waals surface area contributed by atoms with Gasteiger partial charge in [0.05, 0.1) is 17.2 Å². The number of pyridine rings is 2. The first-order valence-electron chi connectivity index (χ1n) is 9.66. The van der Waals surface area contributed by atoms with Crippen LogP contribution in [0.5, 0.6) is 0 Å². The molecule has 1 aliphatic heterocycles. The number of hydrogen-bond donors (Lipinski definition) is 3. The molecule has 1 fully saturated rings. The van der Waals surface area contributed by atoms with Crippen LogP contribution >= 0.6 is 10.6 Å². The van der Waals surface area contributed by atoms with Crippen LogP contribution < -0.4 is 0 Å². The molecular formula is C20H26N4O4S2. The van der Waals surface area contributed by atoms with Crippen molar-refractivity contribution in [3.05, 3.63) is 42.4 Å². The van der Waals surface area contributed by atoms with Crippen LogP contribution in [-0.2, 0) is 15.4 Å². The minimum Gasteiger partial charge on any atom is -0.343 e. The van der Waals surface area contributed by atoms with Crippen LogP contribution in [0.3, 0.4) is 0 Å². The van der Waals surface area contributed by atoms with Crippen molar-refractivity contribution < 1.29 is 17.5 Å². The molecule has 1 aliphatic rings. The molecule has 10 heteroatoms. The first kappa shape index (κ1) is 21.3. The second-order valence-corrected chi connectivity index (χ2v) is 12.9. The largest absolute Gasteiger partial charge is 0.343 e. The van der Waals surface area contributed by atoms with Crippen molar-refractivity contribution in [1.82, 2.24) is 19.3 Å². The molecule has 0 saturated carbocycles. The summed E-state index contributed by atoms with van der Waals surface area (Å²) in [7, 11) is -6.39. The summed E-state index contributed by atoms with van der Waals surface area (Å²) in [6, 6.07) is 7.18. The van der Waals surface area contributed by atoms with Gasteiger partial charge < -0.3 is 4.98 Å². The van der Waals surface area contributed by atoms with Crippen molar-refractivity contribution in [2.75, 3.05) is 24.6 Å². The van der Waals surface area contributed by atoms with Gasteiger partial charge in [-0.3, -0.25) is 14.1 Å². The lowest BCUT2D eigenvalue weighted by molar-refractivity contribution is 0.402. The predicted octanol–water partition coefficient (Wildman–Crippen LogP) is 3.68. The van der Waals surface area contributed by atoms with E-state index in [9.17, 15) is 17.5 Å². The minimum atomic E-state index is -3.73. The van der Waals surface area contributed by atoms with E-state index in [-0.39, 0.29) is 34.9 Å². The molecule has 4 heterocycles. The molecule has 0 spiro atoms. The van der Waals surface area contributed by atoms with Gasteiger partial charge in [0.15, 0.2) is 0 Å². The maximum Gasteiger partial charge on any atom is 0.244 e. The quantitative estimate of drug-likeness (QED) is 0.560. The van der Waals surface area contributed by atoms with Gasteiger partial charge in [0.25, 0.3) is 0 Å². The molecule has 3 aromatic heterocycles. The maximum absolute atomic E-state index is 12.9. The molecule has 3 N–H and O–H groups in total. The Kier molecular flexibility index (Phi) is 5.18. The van der Waals surface area contributed by atoms with Gasteiger partial charge >= 0.3 is 0 Å². The normalized spacial score (nSPS) is 19.1. The zero-order valence-electron chi connectivity index (χ0n) is 17.2. The number of fused-ring (bicyclic) bond motifs is 1. The Morgan fingerprint density at radius 3 is 2.40 bits per heavy atom. The number of H-pyrrole nitrogens is 1. The van der Waals surface area contributed by atoms with Gasteiger partial charge in [-0.15, -0.1) is 0 Å². The first-order valence-corrected chi connectivity index (χ1v) is 13.0. The maximum atomic E-state index is 12.9. The van der Waals surface area contributed by atoms with Gasteiger partial charge in [-0.05, 0) is 24.3 Å². The van der Waals surface area contributed by atoms with E-state index in [0.29, 0.717) is 5.69 Å². The number of hydrogen-bond acceptors (Lipinski definition) is 6. The third-order valence-corrected chi connectivity index (χ3v) is 8.88. The Bertz CT molecular complexity index is 1170. The molecule has 0 aromatic carbocycles. The molecule has 3 aromatic rings. The van der Waals surface area contributed by atoms with Crippen LogP contribution in [0, 0.1) is 0 Å². The number of aromatic amines is 1. The van der Waals surface area contributed by atoms with E-state index in [2.05, 4.69) is 41.8 Å². The summed E-state index contributed by atoms with van der Waals surface area (Å²) in [5, 5.41) is 0.937. The fourth-order valence-electron chi connectivity index (χ4n) is 3.45.